The number of hydrogen-bond acceptors (Lipinski definition) is 1. The summed E-state index contributed by atoms with van der Waals surface area (Å²) in [6, 6.07) is 0. The molecule has 58 valence electrons. The van der Waals surface area contributed by atoms with E-state index in [9.17, 15) is 4.79 Å². The molecular formula is C8H14O2. The molecule has 0 aromatic heterocycles. The lowest BCUT2D eigenvalue weighted by atomic mass is 10.1. The normalized spacial score (nSPS) is 9.10. The molecule has 0 spiro atoms. The van der Waals surface area contributed by atoms with Gasteiger partial charge in [-0.15, -0.1) is 0 Å². The van der Waals surface area contributed by atoms with Crippen molar-refractivity contribution in [3.8, 4) is 0 Å². The van der Waals surface area contributed by atoms with Gasteiger partial charge in [0.25, 0.3) is 0 Å². The summed E-state index contributed by atoms with van der Waals surface area (Å²) in [4.78, 5) is 10.5. The minimum atomic E-state index is -0.776. The van der Waals surface area contributed by atoms with Crippen molar-refractivity contribution >= 4 is 5.97 Å². The molecule has 0 bridgehead atoms. The van der Waals surface area contributed by atoms with Gasteiger partial charge in [0, 0.05) is 5.57 Å². The Morgan fingerprint density at radius 3 is 2.00 bits per heavy atom. The number of aliphatic carboxylic acids is 1. The van der Waals surface area contributed by atoms with E-state index >= 15 is 0 Å². The smallest absolute Gasteiger partial charge is 0.331 e. The van der Waals surface area contributed by atoms with E-state index in [1.807, 2.05) is 20.8 Å². The molecule has 0 saturated carbocycles. The molecule has 0 fully saturated rings. The highest BCUT2D eigenvalue weighted by Gasteiger charge is 2.06. The summed E-state index contributed by atoms with van der Waals surface area (Å²) < 4.78 is 0. The average molecular weight is 142 g/mol. The number of allylic oxidation sites excluding steroid dienone is 1. The molecule has 0 aliphatic heterocycles. The third-order valence-electron chi connectivity index (χ3n) is 1.36. The molecule has 10 heavy (non-hydrogen) atoms. The van der Waals surface area contributed by atoms with Crippen molar-refractivity contribution in [2.75, 3.05) is 0 Å². The summed E-state index contributed by atoms with van der Waals surface area (Å²) in [7, 11) is 0. The Bertz CT molecular complexity index is 153. The standard InChI is InChI=1S/C8H14O2/c1-4-5-7(6(2)3)8(9)10/h4-5H2,1-3H3,(H,9,10). The molecule has 0 aromatic carbocycles. The first kappa shape index (κ1) is 9.21. The predicted octanol–water partition coefficient (Wildman–Crippen LogP) is 2.21. The van der Waals surface area contributed by atoms with E-state index in [-0.39, 0.29) is 0 Å². The topological polar surface area (TPSA) is 37.3 Å². The molecule has 0 amide bonds. The monoisotopic (exact) mass is 142 g/mol. The number of carboxylic acids is 1. The Balaban J connectivity index is 4.28. The Morgan fingerprint density at radius 2 is 1.90 bits per heavy atom. The van der Waals surface area contributed by atoms with Crippen LogP contribution in [0, 0.1) is 0 Å². The Kier molecular flexibility index (Phi) is 3.77. The molecule has 0 heterocycles. The fraction of sp³-hybridized carbons (Fsp3) is 0.625. The second kappa shape index (κ2) is 4.09. The zero-order valence-electron chi connectivity index (χ0n) is 6.77. The molecule has 0 rings (SSSR count). The van der Waals surface area contributed by atoms with Gasteiger partial charge in [-0.25, -0.2) is 4.79 Å². The molecule has 0 unspecified atom stereocenters. The first-order valence-corrected chi connectivity index (χ1v) is 3.49. The number of carboxylic acid groups (broad SMARTS) is 1. The molecule has 0 radical (unpaired) electrons. The van der Waals surface area contributed by atoms with Gasteiger partial charge < -0.3 is 5.11 Å². The average Bonchev–Trinajstić information content (AvgIpc) is 1.81. The summed E-state index contributed by atoms with van der Waals surface area (Å²) >= 11 is 0. The summed E-state index contributed by atoms with van der Waals surface area (Å²) in [6.45, 7) is 5.64. The van der Waals surface area contributed by atoms with E-state index in [0.29, 0.717) is 12.0 Å². The lowest BCUT2D eigenvalue weighted by molar-refractivity contribution is -0.132. The lowest BCUT2D eigenvalue weighted by Gasteiger charge is -2.00. The number of hydrogen-bond donors (Lipinski definition) is 1. The zero-order valence-corrected chi connectivity index (χ0v) is 6.77. The van der Waals surface area contributed by atoms with Gasteiger partial charge in [-0.2, -0.15) is 0 Å². The van der Waals surface area contributed by atoms with E-state index < -0.39 is 5.97 Å². The quantitative estimate of drug-likeness (QED) is 0.613. The molecule has 0 aliphatic carbocycles. The van der Waals surface area contributed by atoms with Gasteiger partial charge in [-0.3, -0.25) is 0 Å². The first-order chi connectivity index (χ1) is 4.59. The van der Waals surface area contributed by atoms with Crippen LogP contribution in [0.15, 0.2) is 11.1 Å². The maximum Gasteiger partial charge on any atom is 0.331 e. The zero-order chi connectivity index (χ0) is 8.15. The molecular weight excluding hydrogens is 128 g/mol. The van der Waals surface area contributed by atoms with Crippen molar-refractivity contribution in [3.05, 3.63) is 11.1 Å². The third-order valence-corrected chi connectivity index (χ3v) is 1.36. The van der Waals surface area contributed by atoms with Gasteiger partial charge >= 0.3 is 5.97 Å². The Labute approximate surface area is 61.6 Å². The molecule has 2 heteroatoms. The largest absolute Gasteiger partial charge is 0.478 e. The van der Waals surface area contributed by atoms with Crippen LogP contribution in [0.4, 0.5) is 0 Å². The highest BCUT2D eigenvalue weighted by atomic mass is 16.4. The van der Waals surface area contributed by atoms with E-state index in [1.54, 1.807) is 0 Å². The number of rotatable bonds is 3. The van der Waals surface area contributed by atoms with Crippen molar-refractivity contribution in [1.29, 1.82) is 0 Å². The van der Waals surface area contributed by atoms with Crippen molar-refractivity contribution in [2.45, 2.75) is 33.6 Å². The van der Waals surface area contributed by atoms with E-state index in [0.717, 1.165) is 12.0 Å². The summed E-state index contributed by atoms with van der Waals surface area (Å²) in [5.41, 5.74) is 1.47. The van der Waals surface area contributed by atoms with Gasteiger partial charge in [0.2, 0.25) is 0 Å². The summed E-state index contributed by atoms with van der Waals surface area (Å²) in [6.07, 6.45) is 1.57. The van der Waals surface area contributed by atoms with Crippen LogP contribution in [0.3, 0.4) is 0 Å². The molecule has 2 nitrogen and oxygen atoms in total. The predicted molar refractivity (Wildman–Crippen MR) is 40.9 cm³/mol. The minimum Gasteiger partial charge on any atom is -0.478 e. The lowest BCUT2D eigenvalue weighted by Crippen LogP contribution is -2.01. The van der Waals surface area contributed by atoms with Gasteiger partial charge in [-0.1, -0.05) is 18.9 Å². The van der Waals surface area contributed by atoms with Gasteiger partial charge in [0.15, 0.2) is 0 Å². The van der Waals surface area contributed by atoms with Crippen LogP contribution in [-0.4, -0.2) is 11.1 Å². The molecule has 0 atom stereocenters. The van der Waals surface area contributed by atoms with Gasteiger partial charge in [-0.05, 0) is 20.3 Å². The molecule has 1 N–H and O–H groups in total. The molecule has 0 aliphatic rings. The third kappa shape index (κ3) is 2.67. The Hall–Kier alpha value is -0.790. The SMILES string of the molecule is CCCC(C(=O)O)=C(C)C. The van der Waals surface area contributed by atoms with Crippen LogP contribution in [0.2, 0.25) is 0 Å². The second-order valence-corrected chi connectivity index (χ2v) is 2.53. The van der Waals surface area contributed by atoms with Crippen molar-refractivity contribution in [2.24, 2.45) is 0 Å². The van der Waals surface area contributed by atoms with Crippen LogP contribution < -0.4 is 0 Å². The van der Waals surface area contributed by atoms with Crippen molar-refractivity contribution in [1.82, 2.24) is 0 Å². The second-order valence-electron chi connectivity index (χ2n) is 2.53. The van der Waals surface area contributed by atoms with Crippen LogP contribution >= 0.6 is 0 Å². The van der Waals surface area contributed by atoms with Crippen LogP contribution in [0.1, 0.15) is 33.6 Å². The van der Waals surface area contributed by atoms with Gasteiger partial charge in [0.1, 0.15) is 0 Å². The van der Waals surface area contributed by atoms with Crippen LogP contribution in [-0.2, 0) is 4.79 Å². The highest BCUT2D eigenvalue weighted by Crippen LogP contribution is 2.09. The maximum atomic E-state index is 10.5. The summed E-state index contributed by atoms with van der Waals surface area (Å²) in [5.74, 6) is -0.776. The van der Waals surface area contributed by atoms with Crippen molar-refractivity contribution in [3.63, 3.8) is 0 Å². The maximum absolute atomic E-state index is 10.5. The van der Waals surface area contributed by atoms with Crippen LogP contribution in [0.25, 0.3) is 0 Å². The first-order valence-electron chi connectivity index (χ1n) is 3.49. The van der Waals surface area contributed by atoms with E-state index in [4.69, 9.17) is 5.11 Å². The number of carbonyl (C=O) groups is 1. The minimum absolute atomic E-state index is 0.558. The fourth-order valence-electron chi connectivity index (χ4n) is 0.821. The fourth-order valence-corrected chi connectivity index (χ4v) is 0.821. The van der Waals surface area contributed by atoms with E-state index in [1.165, 1.54) is 0 Å². The van der Waals surface area contributed by atoms with E-state index in [2.05, 4.69) is 0 Å². The molecule has 0 saturated heterocycles. The summed E-state index contributed by atoms with van der Waals surface area (Å²) in [5, 5.41) is 8.62. The highest BCUT2D eigenvalue weighted by molar-refractivity contribution is 5.87. The van der Waals surface area contributed by atoms with Crippen LogP contribution in [0.5, 0.6) is 0 Å². The van der Waals surface area contributed by atoms with Crippen molar-refractivity contribution < 1.29 is 9.90 Å². The Morgan fingerprint density at radius 1 is 1.40 bits per heavy atom. The van der Waals surface area contributed by atoms with Gasteiger partial charge in [0.05, 0.1) is 0 Å². The molecule has 0 aromatic rings.